The third kappa shape index (κ3) is 5.49. The number of benzene rings is 1. The zero-order chi connectivity index (χ0) is 15.0. The van der Waals surface area contributed by atoms with E-state index in [9.17, 15) is 0 Å². The monoisotopic (exact) mass is 409 g/mol. The molecule has 0 bridgehead atoms. The second-order valence-electron chi connectivity index (χ2n) is 4.12. The molecule has 120 valence electrons. The van der Waals surface area contributed by atoms with Crippen molar-refractivity contribution in [1.29, 1.82) is 0 Å². The Balaban J connectivity index is 0.00000400. The Morgan fingerprint density at radius 3 is 2.33 bits per heavy atom. The van der Waals surface area contributed by atoms with Crippen molar-refractivity contribution in [2.24, 2.45) is 10.7 Å². The van der Waals surface area contributed by atoms with Gasteiger partial charge in [-0.25, -0.2) is 4.99 Å². The zero-order valence-corrected chi connectivity index (χ0v) is 15.3. The number of aliphatic imine (C=N–C) groups is 1. The first-order valence-corrected chi connectivity index (χ1v) is 6.49. The summed E-state index contributed by atoms with van der Waals surface area (Å²) in [7, 11) is 4.75. The van der Waals surface area contributed by atoms with Crippen LogP contribution < -0.4 is 25.3 Å². The molecule has 0 saturated carbocycles. The topological polar surface area (TPSA) is 78.1 Å². The Morgan fingerprint density at radius 2 is 1.81 bits per heavy atom. The highest BCUT2D eigenvalue weighted by Gasteiger charge is 2.15. The molecule has 6 nitrogen and oxygen atoms in total. The Labute approximate surface area is 143 Å². The Morgan fingerprint density at radius 1 is 1.14 bits per heavy atom. The minimum Gasteiger partial charge on any atom is -0.493 e. The van der Waals surface area contributed by atoms with E-state index < -0.39 is 0 Å². The molecule has 0 fully saturated rings. The second-order valence-corrected chi connectivity index (χ2v) is 4.12. The lowest BCUT2D eigenvalue weighted by Crippen LogP contribution is -2.32. The summed E-state index contributed by atoms with van der Waals surface area (Å²) >= 11 is 0. The summed E-state index contributed by atoms with van der Waals surface area (Å²) in [5.41, 5.74) is 6.65. The van der Waals surface area contributed by atoms with E-state index in [1.807, 2.05) is 12.1 Å². The molecule has 1 aromatic rings. The van der Waals surface area contributed by atoms with Gasteiger partial charge in [0.1, 0.15) is 0 Å². The normalized spacial score (nSPS) is 10.6. The van der Waals surface area contributed by atoms with Gasteiger partial charge in [-0.1, -0.05) is 6.92 Å². The molecule has 0 heterocycles. The number of ether oxygens (including phenoxy) is 3. The van der Waals surface area contributed by atoms with Crippen LogP contribution in [0.15, 0.2) is 17.1 Å². The number of hydrogen-bond acceptors (Lipinski definition) is 4. The summed E-state index contributed by atoms with van der Waals surface area (Å²) in [6.45, 7) is 3.28. The smallest absolute Gasteiger partial charge is 0.203 e. The van der Waals surface area contributed by atoms with Crippen LogP contribution in [0, 0.1) is 0 Å². The van der Waals surface area contributed by atoms with Crippen molar-refractivity contribution in [3.63, 3.8) is 0 Å². The first-order chi connectivity index (χ1) is 9.67. The van der Waals surface area contributed by atoms with Crippen molar-refractivity contribution in [3.8, 4) is 17.2 Å². The number of nitrogens with one attached hydrogen (secondary N) is 1. The Kier molecular flexibility index (Phi) is 9.68. The van der Waals surface area contributed by atoms with Crippen molar-refractivity contribution in [3.05, 3.63) is 17.7 Å². The maximum atomic E-state index is 5.77. The summed E-state index contributed by atoms with van der Waals surface area (Å²) < 4.78 is 15.9. The predicted octanol–water partition coefficient (Wildman–Crippen LogP) is 2.14. The van der Waals surface area contributed by atoms with Crippen molar-refractivity contribution in [2.45, 2.75) is 19.9 Å². The summed E-state index contributed by atoms with van der Waals surface area (Å²) in [5, 5.41) is 3.02. The summed E-state index contributed by atoms with van der Waals surface area (Å²) in [6, 6.07) is 3.71. The SMILES string of the molecule is CCCNC(N)=NCc1ccc(OC)c(OC)c1OC.I. The van der Waals surface area contributed by atoms with Crippen LogP contribution >= 0.6 is 24.0 Å². The fourth-order valence-electron chi connectivity index (χ4n) is 1.77. The molecule has 1 aromatic carbocycles. The highest BCUT2D eigenvalue weighted by molar-refractivity contribution is 14.0. The molecule has 0 spiro atoms. The lowest BCUT2D eigenvalue weighted by molar-refractivity contribution is 0.322. The van der Waals surface area contributed by atoms with Gasteiger partial charge in [0, 0.05) is 12.1 Å². The Bertz CT molecular complexity index is 467. The fourth-order valence-corrected chi connectivity index (χ4v) is 1.77. The number of nitrogens with two attached hydrogens (primary N) is 1. The van der Waals surface area contributed by atoms with Crippen molar-refractivity contribution < 1.29 is 14.2 Å². The predicted molar refractivity (Wildman–Crippen MR) is 95.1 cm³/mol. The van der Waals surface area contributed by atoms with Gasteiger partial charge in [-0.2, -0.15) is 0 Å². The van der Waals surface area contributed by atoms with Crippen LogP contribution in [0.2, 0.25) is 0 Å². The van der Waals surface area contributed by atoms with Gasteiger partial charge in [-0.15, -0.1) is 24.0 Å². The van der Waals surface area contributed by atoms with Gasteiger partial charge in [0.25, 0.3) is 0 Å². The van der Waals surface area contributed by atoms with Crippen LogP contribution in [-0.2, 0) is 6.54 Å². The maximum Gasteiger partial charge on any atom is 0.203 e. The van der Waals surface area contributed by atoms with E-state index in [-0.39, 0.29) is 24.0 Å². The molecule has 0 amide bonds. The molecule has 0 radical (unpaired) electrons. The largest absolute Gasteiger partial charge is 0.493 e. The van der Waals surface area contributed by atoms with Crippen LogP contribution in [0.1, 0.15) is 18.9 Å². The molecule has 3 N–H and O–H groups in total. The van der Waals surface area contributed by atoms with Crippen LogP contribution in [0.4, 0.5) is 0 Å². The Hall–Kier alpha value is -1.38. The number of hydrogen-bond donors (Lipinski definition) is 2. The van der Waals surface area contributed by atoms with Crippen LogP contribution in [-0.4, -0.2) is 33.8 Å². The van der Waals surface area contributed by atoms with Crippen molar-refractivity contribution in [2.75, 3.05) is 27.9 Å². The van der Waals surface area contributed by atoms with Crippen molar-refractivity contribution >= 4 is 29.9 Å². The van der Waals surface area contributed by atoms with Crippen molar-refractivity contribution in [1.82, 2.24) is 5.32 Å². The van der Waals surface area contributed by atoms with Gasteiger partial charge in [0.15, 0.2) is 17.5 Å². The van der Waals surface area contributed by atoms with Gasteiger partial charge in [0.05, 0.1) is 27.9 Å². The number of halogens is 1. The van der Waals surface area contributed by atoms with Gasteiger partial charge in [-0.3, -0.25) is 0 Å². The summed E-state index contributed by atoms with van der Waals surface area (Å²) in [4.78, 5) is 4.28. The highest BCUT2D eigenvalue weighted by atomic mass is 127. The zero-order valence-electron chi connectivity index (χ0n) is 12.9. The number of rotatable bonds is 7. The molecule has 0 aliphatic heterocycles. The molecule has 1 rings (SSSR count). The molecule has 0 saturated heterocycles. The summed E-state index contributed by atoms with van der Waals surface area (Å²) in [6.07, 6.45) is 0.996. The lowest BCUT2D eigenvalue weighted by Gasteiger charge is -2.15. The molecule has 0 aromatic heterocycles. The molecular weight excluding hydrogens is 385 g/mol. The molecule has 0 aliphatic rings. The van der Waals surface area contributed by atoms with Crippen LogP contribution in [0.3, 0.4) is 0 Å². The highest BCUT2D eigenvalue weighted by Crippen LogP contribution is 2.39. The number of nitrogens with zero attached hydrogens (tertiary/aromatic N) is 1. The number of guanidine groups is 1. The molecule has 7 heteroatoms. The minimum atomic E-state index is 0. The summed E-state index contributed by atoms with van der Waals surface area (Å²) in [5.74, 6) is 2.21. The quantitative estimate of drug-likeness (QED) is 0.410. The molecule has 0 atom stereocenters. The average Bonchev–Trinajstić information content (AvgIpc) is 2.49. The maximum absolute atomic E-state index is 5.77. The van der Waals surface area contributed by atoms with E-state index in [1.54, 1.807) is 21.3 Å². The van der Waals surface area contributed by atoms with Gasteiger partial charge >= 0.3 is 0 Å². The van der Waals surface area contributed by atoms with E-state index in [0.717, 1.165) is 18.5 Å². The lowest BCUT2D eigenvalue weighted by atomic mass is 10.1. The minimum absolute atomic E-state index is 0. The van der Waals surface area contributed by atoms with Crippen LogP contribution in [0.25, 0.3) is 0 Å². The average molecular weight is 409 g/mol. The van der Waals surface area contributed by atoms with E-state index in [0.29, 0.717) is 29.8 Å². The van der Waals surface area contributed by atoms with E-state index >= 15 is 0 Å². The van der Waals surface area contributed by atoms with E-state index in [2.05, 4.69) is 17.2 Å². The standard InChI is InChI=1S/C14H23N3O3.HI/c1-5-8-16-14(15)17-9-10-6-7-11(18-2)13(20-4)12(10)19-3;/h6-7H,5,8-9H2,1-4H3,(H3,15,16,17);1H. The first kappa shape index (κ1) is 19.6. The van der Waals surface area contributed by atoms with Gasteiger partial charge in [0.2, 0.25) is 5.75 Å². The van der Waals surface area contributed by atoms with Gasteiger partial charge < -0.3 is 25.3 Å². The molecule has 0 aliphatic carbocycles. The number of methoxy groups -OCH3 is 3. The van der Waals surface area contributed by atoms with E-state index in [4.69, 9.17) is 19.9 Å². The van der Waals surface area contributed by atoms with Gasteiger partial charge in [-0.05, 0) is 18.6 Å². The van der Waals surface area contributed by atoms with E-state index in [1.165, 1.54) is 0 Å². The third-order valence-electron chi connectivity index (χ3n) is 2.76. The molecule has 0 unspecified atom stereocenters. The second kappa shape index (κ2) is 10.4. The molecule has 21 heavy (non-hydrogen) atoms. The third-order valence-corrected chi connectivity index (χ3v) is 2.76. The first-order valence-electron chi connectivity index (χ1n) is 6.49. The fraction of sp³-hybridized carbons (Fsp3) is 0.500. The van der Waals surface area contributed by atoms with Crippen LogP contribution in [0.5, 0.6) is 17.2 Å². The molecular formula is C14H24IN3O3.